The van der Waals surface area contributed by atoms with Crippen LogP contribution in [0.3, 0.4) is 0 Å². The summed E-state index contributed by atoms with van der Waals surface area (Å²) in [5.74, 6) is -0.221. The first-order valence-corrected chi connectivity index (χ1v) is 12.1. The SMILES string of the molecule is O=C(Nc1cccc(F)c1)N(CCc1ccccc1)C1CCN(Cc2ccccc2OC(F)F)CC1. The molecule has 0 radical (unpaired) electrons. The van der Waals surface area contributed by atoms with Crippen molar-refractivity contribution >= 4 is 11.7 Å². The van der Waals surface area contributed by atoms with Crippen molar-refractivity contribution in [2.24, 2.45) is 0 Å². The van der Waals surface area contributed by atoms with Crippen LogP contribution in [0, 0.1) is 5.82 Å². The van der Waals surface area contributed by atoms with E-state index in [1.807, 2.05) is 41.3 Å². The number of hydrogen-bond donors (Lipinski definition) is 1. The predicted octanol–water partition coefficient (Wildman–Crippen LogP) is 6.17. The highest BCUT2D eigenvalue weighted by atomic mass is 19.3. The van der Waals surface area contributed by atoms with Gasteiger partial charge in [-0.1, -0.05) is 54.6 Å². The maximum Gasteiger partial charge on any atom is 0.387 e. The van der Waals surface area contributed by atoms with Gasteiger partial charge in [0.15, 0.2) is 0 Å². The average molecular weight is 498 g/mol. The van der Waals surface area contributed by atoms with Gasteiger partial charge in [0.25, 0.3) is 0 Å². The number of alkyl halides is 2. The standard InChI is InChI=1S/C28H30F3N3O2/c29-23-10-6-11-24(19-23)32-28(35)34(18-13-21-7-2-1-3-8-21)25-14-16-33(17-15-25)20-22-9-4-5-12-26(22)36-27(30)31/h1-12,19,25,27H,13-18,20H2,(H,32,35). The number of nitrogens with one attached hydrogen (secondary N) is 1. The summed E-state index contributed by atoms with van der Waals surface area (Å²) in [6.07, 6.45) is 2.18. The second-order valence-corrected chi connectivity index (χ2v) is 8.86. The molecule has 190 valence electrons. The molecule has 0 bridgehead atoms. The smallest absolute Gasteiger partial charge is 0.387 e. The van der Waals surface area contributed by atoms with Crippen molar-refractivity contribution in [2.45, 2.75) is 38.5 Å². The highest BCUT2D eigenvalue weighted by Gasteiger charge is 2.28. The van der Waals surface area contributed by atoms with Crippen LogP contribution in [0.15, 0.2) is 78.9 Å². The summed E-state index contributed by atoms with van der Waals surface area (Å²) in [6, 6.07) is 22.4. The quantitative estimate of drug-likeness (QED) is 0.385. The summed E-state index contributed by atoms with van der Waals surface area (Å²) in [5, 5.41) is 2.84. The van der Waals surface area contributed by atoms with Crippen molar-refractivity contribution in [3.63, 3.8) is 0 Å². The number of likely N-dealkylation sites (tertiary alicyclic amines) is 1. The Hall–Kier alpha value is -3.52. The third-order valence-electron chi connectivity index (χ3n) is 6.40. The van der Waals surface area contributed by atoms with Gasteiger partial charge in [0.1, 0.15) is 11.6 Å². The molecule has 3 aromatic carbocycles. The number of carbonyl (C=O) groups excluding carboxylic acids is 1. The number of rotatable bonds is 9. The van der Waals surface area contributed by atoms with Gasteiger partial charge < -0.3 is 15.0 Å². The van der Waals surface area contributed by atoms with E-state index in [2.05, 4.69) is 15.0 Å². The number of halogens is 3. The number of nitrogens with zero attached hydrogens (tertiary/aromatic N) is 2. The lowest BCUT2D eigenvalue weighted by Crippen LogP contribution is -2.49. The Morgan fingerprint density at radius 1 is 1.00 bits per heavy atom. The molecule has 1 heterocycles. The summed E-state index contributed by atoms with van der Waals surface area (Å²) in [6.45, 7) is -0.423. The molecule has 2 amide bonds. The third kappa shape index (κ3) is 7.24. The molecule has 1 aliphatic heterocycles. The van der Waals surface area contributed by atoms with Gasteiger partial charge in [-0.2, -0.15) is 8.78 Å². The van der Waals surface area contributed by atoms with Crippen LogP contribution in [0.1, 0.15) is 24.0 Å². The molecule has 0 spiro atoms. The van der Waals surface area contributed by atoms with E-state index in [-0.39, 0.29) is 17.8 Å². The van der Waals surface area contributed by atoms with Crippen LogP contribution < -0.4 is 10.1 Å². The Morgan fingerprint density at radius 3 is 2.44 bits per heavy atom. The number of hydrogen-bond acceptors (Lipinski definition) is 3. The number of piperidine rings is 1. The van der Waals surface area contributed by atoms with E-state index in [4.69, 9.17) is 0 Å². The molecular formula is C28H30F3N3O2. The zero-order chi connectivity index (χ0) is 25.3. The second kappa shape index (κ2) is 12.4. The minimum absolute atomic E-state index is 0.00563. The zero-order valence-corrected chi connectivity index (χ0v) is 20.0. The zero-order valence-electron chi connectivity index (χ0n) is 20.0. The number of carbonyl (C=O) groups is 1. The van der Waals surface area contributed by atoms with Crippen molar-refractivity contribution in [3.8, 4) is 5.75 Å². The number of benzene rings is 3. The lowest BCUT2D eigenvalue weighted by Gasteiger charge is -2.38. The Balaban J connectivity index is 1.41. The van der Waals surface area contributed by atoms with Crippen LogP contribution in [0.25, 0.3) is 0 Å². The van der Waals surface area contributed by atoms with Crippen molar-refractivity contribution in [1.29, 1.82) is 0 Å². The fraction of sp³-hybridized carbons (Fsp3) is 0.321. The second-order valence-electron chi connectivity index (χ2n) is 8.86. The lowest BCUT2D eigenvalue weighted by atomic mass is 10.0. The van der Waals surface area contributed by atoms with Crippen molar-refractivity contribution in [1.82, 2.24) is 9.80 Å². The molecule has 8 heteroatoms. The number of ether oxygens (including phenoxy) is 1. The fourth-order valence-corrected chi connectivity index (χ4v) is 4.58. The molecule has 1 fully saturated rings. The summed E-state index contributed by atoms with van der Waals surface area (Å²) in [5.41, 5.74) is 2.26. The molecule has 5 nitrogen and oxygen atoms in total. The molecule has 1 aliphatic rings. The molecule has 1 N–H and O–H groups in total. The molecule has 1 saturated heterocycles. The summed E-state index contributed by atoms with van der Waals surface area (Å²) in [7, 11) is 0. The van der Waals surface area contributed by atoms with Gasteiger partial charge in [-0.25, -0.2) is 9.18 Å². The van der Waals surface area contributed by atoms with Crippen LogP contribution in [0.5, 0.6) is 5.75 Å². The maximum atomic E-state index is 13.6. The molecule has 0 aromatic heterocycles. The molecule has 36 heavy (non-hydrogen) atoms. The highest BCUT2D eigenvalue weighted by Crippen LogP contribution is 2.25. The Labute approximate surface area is 209 Å². The Bertz CT molecular complexity index is 1120. The van der Waals surface area contributed by atoms with Gasteiger partial charge >= 0.3 is 12.6 Å². The fourth-order valence-electron chi connectivity index (χ4n) is 4.58. The van der Waals surface area contributed by atoms with Crippen molar-refractivity contribution in [3.05, 3.63) is 95.8 Å². The number of para-hydroxylation sites is 1. The average Bonchev–Trinajstić information content (AvgIpc) is 2.87. The summed E-state index contributed by atoms with van der Waals surface area (Å²) in [4.78, 5) is 17.3. The third-order valence-corrected chi connectivity index (χ3v) is 6.40. The minimum Gasteiger partial charge on any atom is -0.434 e. The summed E-state index contributed by atoms with van der Waals surface area (Å²) < 4.78 is 43.8. The molecule has 0 atom stereocenters. The number of urea groups is 1. The van der Waals surface area contributed by atoms with E-state index in [1.54, 1.807) is 30.3 Å². The van der Waals surface area contributed by atoms with Crippen LogP contribution in [0.2, 0.25) is 0 Å². The first kappa shape index (κ1) is 25.6. The highest BCUT2D eigenvalue weighted by molar-refractivity contribution is 5.89. The van der Waals surface area contributed by atoms with Crippen LogP contribution >= 0.6 is 0 Å². The number of anilines is 1. The molecule has 4 rings (SSSR count). The van der Waals surface area contributed by atoms with Gasteiger partial charge in [-0.15, -0.1) is 0 Å². The lowest BCUT2D eigenvalue weighted by molar-refractivity contribution is -0.0508. The van der Waals surface area contributed by atoms with Crippen LogP contribution in [-0.2, 0) is 13.0 Å². The number of amides is 2. The normalized spacial score (nSPS) is 14.6. The van der Waals surface area contributed by atoms with E-state index in [0.29, 0.717) is 43.9 Å². The first-order valence-electron chi connectivity index (χ1n) is 12.1. The predicted molar refractivity (Wildman–Crippen MR) is 134 cm³/mol. The van der Waals surface area contributed by atoms with E-state index in [1.165, 1.54) is 12.1 Å². The largest absolute Gasteiger partial charge is 0.434 e. The molecule has 0 unspecified atom stereocenters. The topological polar surface area (TPSA) is 44.8 Å². The van der Waals surface area contributed by atoms with Crippen molar-refractivity contribution < 1.29 is 22.7 Å². The van der Waals surface area contributed by atoms with Gasteiger partial charge in [-0.3, -0.25) is 4.90 Å². The van der Waals surface area contributed by atoms with Gasteiger partial charge in [-0.05, 0) is 49.1 Å². The Kier molecular flexibility index (Phi) is 8.84. The van der Waals surface area contributed by atoms with Crippen LogP contribution in [-0.4, -0.2) is 48.1 Å². The molecular weight excluding hydrogens is 467 g/mol. The summed E-state index contributed by atoms with van der Waals surface area (Å²) >= 11 is 0. The van der Waals surface area contributed by atoms with Crippen LogP contribution in [0.4, 0.5) is 23.7 Å². The monoisotopic (exact) mass is 497 g/mol. The van der Waals surface area contributed by atoms with Crippen molar-refractivity contribution in [2.75, 3.05) is 25.0 Å². The maximum absolute atomic E-state index is 13.6. The van der Waals surface area contributed by atoms with Gasteiger partial charge in [0.05, 0.1) is 0 Å². The molecule has 0 saturated carbocycles. The molecule has 0 aliphatic carbocycles. The Morgan fingerprint density at radius 2 is 1.72 bits per heavy atom. The van der Waals surface area contributed by atoms with Gasteiger partial charge in [0.2, 0.25) is 0 Å². The van der Waals surface area contributed by atoms with E-state index >= 15 is 0 Å². The first-order chi connectivity index (χ1) is 17.5. The minimum atomic E-state index is -2.87. The molecule has 3 aromatic rings. The van der Waals surface area contributed by atoms with E-state index in [0.717, 1.165) is 18.4 Å². The van der Waals surface area contributed by atoms with Gasteiger partial charge in [0, 0.05) is 43.5 Å². The van der Waals surface area contributed by atoms with E-state index < -0.39 is 12.4 Å². The van der Waals surface area contributed by atoms with E-state index in [9.17, 15) is 18.0 Å².